The van der Waals surface area contributed by atoms with Gasteiger partial charge in [-0.3, -0.25) is 9.78 Å². The van der Waals surface area contributed by atoms with E-state index in [9.17, 15) is 13.6 Å². The summed E-state index contributed by atoms with van der Waals surface area (Å²) in [6.07, 6.45) is 4.88. The third-order valence-electron chi connectivity index (χ3n) is 6.15. The first kappa shape index (κ1) is 16.9. The second-order valence-electron chi connectivity index (χ2n) is 7.71. The van der Waals surface area contributed by atoms with Crippen molar-refractivity contribution < 1.29 is 13.5 Å². The van der Waals surface area contributed by atoms with Crippen LogP contribution in [0.1, 0.15) is 48.1 Å². The van der Waals surface area contributed by atoms with Crippen LogP contribution in [0.3, 0.4) is 0 Å². The fraction of sp³-hybridized carbons (Fsp3) is 0.500. The summed E-state index contributed by atoms with van der Waals surface area (Å²) < 4.78 is 33.9. The lowest BCUT2D eigenvalue weighted by molar-refractivity contribution is -0.0568. The number of hydrogen-bond acceptors (Lipinski definition) is 4. The predicted molar refractivity (Wildman–Crippen MR) is 95.8 cm³/mol. The fourth-order valence-electron chi connectivity index (χ4n) is 4.75. The molecule has 0 saturated carbocycles. The number of ether oxygens (including phenoxy) is 1. The molecule has 2 aromatic rings. The fourth-order valence-corrected chi connectivity index (χ4v) is 4.75. The molecule has 0 radical (unpaired) electrons. The van der Waals surface area contributed by atoms with E-state index in [1.165, 1.54) is 6.07 Å². The van der Waals surface area contributed by atoms with Gasteiger partial charge >= 0.3 is 0 Å². The van der Waals surface area contributed by atoms with E-state index in [0.29, 0.717) is 43.0 Å². The number of hydrogen-bond donors (Lipinski definition) is 1. The Hall–Kier alpha value is -2.28. The number of piperidine rings is 1. The molecule has 2 aliphatic heterocycles. The maximum atomic E-state index is 14.4. The molecule has 0 unspecified atom stereocenters. The summed E-state index contributed by atoms with van der Waals surface area (Å²) in [5.41, 5.74) is 2.06. The quantitative estimate of drug-likeness (QED) is 0.835. The molecule has 0 bridgehead atoms. The van der Waals surface area contributed by atoms with E-state index in [0.717, 1.165) is 43.0 Å². The molecule has 5 nitrogen and oxygen atoms in total. The van der Waals surface area contributed by atoms with E-state index in [-0.39, 0.29) is 12.2 Å². The molecule has 1 aromatic carbocycles. The number of fused-ring (bicyclic) bond motifs is 3. The molecule has 5 rings (SSSR count). The molecule has 1 aromatic heterocycles. The van der Waals surface area contributed by atoms with Crippen molar-refractivity contribution in [1.82, 2.24) is 9.97 Å². The number of nitrogens with zero attached hydrogens (tertiary/aromatic N) is 2. The van der Waals surface area contributed by atoms with Crippen molar-refractivity contribution in [3.63, 3.8) is 0 Å². The molecule has 27 heavy (non-hydrogen) atoms. The lowest BCUT2D eigenvalue weighted by Crippen LogP contribution is -2.44. The number of nitrogens with one attached hydrogen (secondary N) is 1. The average molecular weight is 373 g/mol. The van der Waals surface area contributed by atoms with Gasteiger partial charge in [0.15, 0.2) is 0 Å². The molecular weight excluding hydrogens is 352 g/mol. The number of aryl methyl sites for hydroxylation is 1. The Kier molecular flexibility index (Phi) is 3.82. The molecule has 7 heteroatoms. The molecule has 1 spiro atoms. The van der Waals surface area contributed by atoms with E-state index >= 15 is 0 Å². The largest absolute Gasteiger partial charge is 0.365 e. The molecule has 142 valence electrons. The van der Waals surface area contributed by atoms with Gasteiger partial charge in [-0.05, 0) is 50.2 Å². The molecule has 0 atom stereocenters. The zero-order chi connectivity index (χ0) is 18.6. The van der Waals surface area contributed by atoms with Gasteiger partial charge in [0, 0.05) is 30.3 Å². The number of aromatic amines is 1. The Labute approximate surface area is 155 Å². The van der Waals surface area contributed by atoms with Gasteiger partial charge in [-0.2, -0.15) is 0 Å². The van der Waals surface area contributed by atoms with Crippen LogP contribution in [-0.4, -0.2) is 23.1 Å². The Bertz CT molecular complexity index is 964. The zero-order valence-electron chi connectivity index (χ0n) is 15.0. The van der Waals surface area contributed by atoms with Crippen LogP contribution < -0.4 is 10.5 Å². The van der Waals surface area contributed by atoms with Gasteiger partial charge in [0.25, 0.3) is 5.56 Å². The van der Waals surface area contributed by atoms with Gasteiger partial charge < -0.3 is 9.64 Å². The van der Waals surface area contributed by atoms with Gasteiger partial charge in [-0.15, -0.1) is 0 Å². The van der Waals surface area contributed by atoms with E-state index in [4.69, 9.17) is 9.72 Å². The standard InChI is InChI=1S/C20H21F2N3O2/c21-13-9-12-11-27-20(17(12)15(22)10-13)5-7-25(8-6-20)19-23-16-4-2-1-3-14(16)18(26)24-19/h9-10H,1-8,11H2,(H,23,24,26). The Morgan fingerprint density at radius 1 is 1.15 bits per heavy atom. The van der Waals surface area contributed by atoms with Crippen molar-refractivity contribution in [3.05, 3.63) is 56.5 Å². The molecule has 1 fully saturated rings. The topological polar surface area (TPSA) is 58.2 Å². The third kappa shape index (κ3) is 2.67. The van der Waals surface area contributed by atoms with Crippen molar-refractivity contribution in [2.45, 2.75) is 50.7 Å². The van der Waals surface area contributed by atoms with Crippen LogP contribution in [-0.2, 0) is 29.8 Å². The Balaban J connectivity index is 1.41. The van der Waals surface area contributed by atoms with Crippen LogP contribution in [0.15, 0.2) is 16.9 Å². The number of anilines is 1. The molecule has 3 heterocycles. The smallest absolute Gasteiger partial charge is 0.255 e. The molecular formula is C20H21F2N3O2. The molecule has 1 aliphatic carbocycles. The van der Waals surface area contributed by atoms with Crippen LogP contribution in [0, 0.1) is 11.6 Å². The van der Waals surface area contributed by atoms with Crippen LogP contribution in [0.5, 0.6) is 0 Å². The first-order valence-electron chi connectivity index (χ1n) is 9.55. The minimum atomic E-state index is -0.710. The maximum Gasteiger partial charge on any atom is 0.255 e. The van der Waals surface area contributed by atoms with Gasteiger partial charge in [0.1, 0.15) is 17.2 Å². The summed E-state index contributed by atoms with van der Waals surface area (Å²) in [6, 6.07) is 2.30. The average Bonchev–Trinajstić information content (AvgIpc) is 3.00. The van der Waals surface area contributed by atoms with E-state index < -0.39 is 17.2 Å². The molecule has 3 aliphatic rings. The minimum absolute atomic E-state index is 0.0426. The summed E-state index contributed by atoms with van der Waals surface area (Å²) in [4.78, 5) is 22.0. The van der Waals surface area contributed by atoms with E-state index in [2.05, 4.69) is 4.98 Å². The minimum Gasteiger partial charge on any atom is -0.365 e. The number of H-pyrrole nitrogens is 1. The van der Waals surface area contributed by atoms with E-state index in [1.807, 2.05) is 4.90 Å². The highest BCUT2D eigenvalue weighted by Gasteiger charge is 2.45. The third-order valence-corrected chi connectivity index (χ3v) is 6.15. The summed E-state index contributed by atoms with van der Waals surface area (Å²) in [5, 5.41) is 0. The van der Waals surface area contributed by atoms with Crippen molar-refractivity contribution in [1.29, 1.82) is 0 Å². The SMILES string of the molecule is O=c1[nH]c(N2CCC3(CC2)OCc2cc(F)cc(F)c23)nc2c1CCCC2. The normalized spacial score (nSPS) is 20.6. The van der Waals surface area contributed by atoms with Crippen molar-refractivity contribution in [2.24, 2.45) is 0 Å². The molecule has 0 amide bonds. The summed E-state index contributed by atoms with van der Waals surface area (Å²) in [7, 11) is 0. The van der Waals surface area contributed by atoms with Crippen molar-refractivity contribution in [3.8, 4) is 0 Å². The number of aromatic nitrogens is 2. The summed E-state index contributed by atoms with van der Waals surface area (Å²) >= 11 is 0. The lowest BCUT2D eigenvalue weighted by atomic mass is 9.83. The molecule has 1 saturated heterocycles. The van der Waals surface area contributed by atoms with Gasteiger partial charge in [0.2, 0.25) is 5.95 Å². The Morgan fingerprint density at radius 2 is 1.93 bits per heavy atom. The van der Waals surface area contributed by atoms with Crippen molar-refractivity contribution >= 4 is 5.95 Å². The molecule has 1 N–H and O–H groups in total. The second kappa shape index (κ2) is 6.12. The number of halogens is 2. The van der Waals surface area contributed by atoms with Crippen LogP contribution in [0.25, 0.3) is 0 Å². The van der Waals surface area contributed by atoms with E-state index in [1.54, 1.807) is 0 Å². The van der Waals surface area contributed by atoms with Gasteiger partial charge in [0.05, 0.1) is 12.3 Å². The van der Waals surface area contributed by atoms with Gasteiger partial charge in [-0.1, -0.05) is 0 Å². The number of rotatable bonds is 1. The predicted octanol–water partition coefficient (Wildman–Crippen LogP) is 2.95. The monoisotopic (exact) mass is 373 g/mol. The first-order chi connectivity index (χ1) is 13.1. The lowest BCUT2D eigenvalue weighted by Gasteiger charge is -2.39. The number of benzene rings is 1. The highest BCUT2D eigenvalue weighted by atomic mass is 19.1. The highest BCUT2D eigenvalue weighted by molar-refractivity contribution is 5.41. The van der Waals surface area contributed by atoms with Crippen LogP contribution in [0.4, 0.5) is 14.7 Å². The Morgan fingerprint density at radius 3 is 2.74 bits per heavy atom. The van der Waals surface area contributed by atoms with Crippen LogP contribution in [0.2, 0.25) is 0 Å². The van der Waals surface area contributed by atoms with Crippen LogP contribution >= 0.6 is 0 Å². The second-order valence-corrected chi connectivity index (χ2v) is 7.71. The first-order valence-corrected chi connectivity index (χ1v) is 9.55. The summed E-state index contributed by atoms with van der Waals surface area (Å²) in [6.45, 7) is 1.42. The highest BCUT2D eigenvalue weighted by Crippen LogP contribution is 2.45. The summed E-state index contributed by atoms with van der Waals surface area (Å²) in [5.74, 6) is -0.510. The van der Waals surface area contributed by atoms with Crippen molar-refractivity contribution in [2.75, 3.05) is 18.0 Å². The maximum absolute atomic E-state index is 14.4. The zero-order valence-corrected chi connectivity index (χ0v) is 15.0. The van der Waals surface area contributed by atoms with Gasteiger partial charge in [-0.25, -0.2) is 13.8 Å².